The van der Waals surface area contributed by atoms with Gasteiger partial charge in [0, 0.05) is 42.9 Å². The van der Waals surface area contributed by atoms with Gasteiger partial charge < -0.3 is 5.73 Å². The van der Waals surface area contributed by atoms with Crippen LogP contribution in [0.2, 0.25) is 0 Å². The number of rotatable bonds is 4. The topological polar surface area (TPSA) is 47.1 Å². The predicted molar refractivity (Wildman–Crippen MR) is 98.9 cm³/mol. The zero-order valence-electron chi connectivity index (χ0n) is 15.4. The van der Waals surface area contributed by atoms with Crippen molar-refractivity contribution in [2.24, 2.45) is 11.7 Å². The molecule has 2 aromatic rings. The van der Waals surface area contributed by atoms with E-state index in [1.54, 1.807) is 0 Å². The normalized spacial score (nSPS) is 22.2. The van der Waals surface area contributed by atoms with Crippen LogP contribution in [0.3, 0.4) is 0 Å². The van der Waals surface area contributed by atoms with Crippen molar-refractivity contribution in [3.05, 3.63) is 53.3 Å². The van der Waals surface area contributed by atoms with E-state index in [9.17, 15) is 0 Å². The highest BCUT2D eigenvalue weighted by Gasteiger charge is 2.29. The summed E-state index contributed by atoms with van der Waals surface area (Å²) in [4.78, 5) is 2.47. The second-order valence-corrected chi connectivity index (χ2v) is 8.27. The summed E-state index contributed by atoms with van der Waals surface area (Å²) in [7, 11) is 0. The molecule has 0 bridgehead atoms. The van der Waals surface area contributed by atoms with Gasteiger partial charge in [-0.05, 0) is 11.5 Å². The van der Waals surface area contributed by atoms with E-state index < -0.39 is 0 Å². The molecule has 0 spiro atoms. The third kappa shape index (κ3) is 3.87. The standard InChI is InChI=1S/C20H30N4/c1-15-10-23(14-18(15)21)12-17-13-24(22-19(17)20(2,3)4)11-16-8-6-5-7-9-16/h5-9,13,15,18H,10-12,14,21H2,1-4H3. The lowest BCUT2D eigenvalue weighted by atomic mass is 9.89. The molecule has 0 aliphatic carbocycles. The summed E-state index contributed by atoms with van der Waals surface area (Å²) in [6.07, 6.45) is 2.22. The first-order valence-corrected chi connectivity index (χ1v) is 8.91. The highest BCUT2D eigenvalue weighted by Crippen LogP contribution is 2.27. The molecule has 4 nitrogen and oxygen atoms in total. The van der Waals surface area contributed by atoms with Gasteiger partial charge in [-0.1, -0.05) is 58.0 Å². The van der Waals surface area contributed by atoms with Crippen LogP contribution in [-0.4, -0.2) is 33.8 Å². The SMILES string of the molecule is CC1CN(Cc2cn(Cc3ccccc3)nc2C(C)(C)C)CC1N. The molecule has 2 heterocycles. The van der Waals surface area contributed by atoms with E-state index in [0.29, 0.717) is 12.0 Å². The zero-order chi connectivity index (χ0) is 17.3. The van der Waals surface area contributed by atoms with Gasteiger partial charge in [0.2, 0.25) is 0 Å². The Morgan fingerprint density at radius 2 is 1.83 bits per heavy atom. The van der Waals surface area contributed by atoms with E-state index in [1.165, 1.54) is 16.8 Å². The third-order valence-corrected chi connectivity index (χ3v) is 4.88. The molecule has 1 aliphatic rings. The van der Waals surface area contributed by atoms with E-state index in [2.05, 4.69) is 73.8 Å². The molecule has 1 aliphatic heterocycles. The first-order chi connectivity index (χ1) is 11.3. The molecule has 130 valence electrons. The Kier molecular flexibility index (Phi) is 4.79. The smallest absolute Gasteiger partial charge is 0.0723 e. The molecule has 1 saturated heterocycles. The highest BCUT2D eigenvalue weighted by atomic mass is 15.3. The molecular weight excluding hydrogens is 296 g/mol. The first-order valence-electron chi connectivity index (χ1n) is 8.91. The Labute approximate surface area is 145 Å². The Bertz CT molecular complexity index is 659. The number of benzene rings is 1. The van der Waals surface area contributed by atoms with E-state index >= 15 is 0 Å². The number of likely N-dealkylation sites (tertiary alicyclic amines) is 1. The van der Waals surface area contributed by atoms with E-state index in [4.69, 9.17) is 10.8 Å². The maximum atomic E-state index is 6.19. The van der Waals surface area contributed by atoms with Gasteiger partial charge in [-0.2, -0.15) is 5.10 Å². The largest absolute Gasteiger partial charge is 0.326 e. The van der Waals surface area contributed by atoms with Crippen molar-refractivity contribution >= 4 is 0 Å². The average Bonchev–Trinajstić information content (AvgIpc) is 3.04. The van der Waals surface area contributed by atoms with Crippen molar-refractivity contribution in [1.82, 2.24) is 14.7 Å². The fraction of sp³-hybridized carbons (Fsp3) is 0.550. The Morgan fingerprint density at radius 1 is 1.12 bits per heavy atom. The van der Waals surface area contributed by atoms with Gasteiger partial charge in [0.1, 0.15) is 0 Å². The van der Waals surface area contributed by atoms with Crippen LogP contribution in [-0.2, 0) is 18.5 Å². The number of hydrogen-bond acceptors (Lipinski definition) is 3. The minimum absolute atomic E-state index is 0.0464. The van der Waals surface area contributed by atoms with Crippen molar-refractivity contribution < 1.29 is 0 Å². The Balaban J connectivity index is 1.82. The Morgan fingerprint density at radius 3 is 2.42 bits per heavy atom. The predicted octanol–water partition coefficient (Wildman–Crippen LogP) is 3.01. The summed E-state index contributed by atoms with van der Waals surface area (Å²) < 4.78 is 2.09. The number of hydrogen-bond donors (Lipinski definition) is 1. The maximum absolute atomic E-state index is 6.19. The first kappa shape index (κ1) is 17.2. The molecule has 0 saturated carbocycles. The lowest BCUT2D eigenvalue weighted by Crippen LogP contribution is -2.28. The molecule has 2 unspecified atom stereocenters. The summed E-state index contributed by atoms with van der Waals surface area (Å²) in [5.74, 6) is 0.572. The molecule has 0 amide bonds. The second-order valence-electron chi connectivity index (χ2n) is 8.27. The molecule has 4 heteroatoms. The zero-order valence-corrected chi connectivity index (χ0v) is 15.4. The average molecular weight is 326 g/mol. The third-order valence-electron chi connectivity index (χ3n) is 4.88. The van der Waals surface area contributed by atoms with Crippen molar-refractivity contribution in [2.75, 3.05) is 13.1 Å². The molecule has 1 aromatic carbocycles. The van der Waals surface area contributed by atoms with Crippen molar-refractivity contribution in [3.63, 3.8) is 0 Å². The Hall–Kier alpha value is -1.65. The van der Waals surface area contributed by atoms with Crippen LogP contribution in [0.25, 0.3) is 0 Å². The molecule has 2 atom stereocenters. The van der Waals surface area contributed by atoms with Crippen LogP contribution in [0.4, 0.5) is 0 Å². The molecule has 0 radical (unpaired) electrons. The number of nitrogens with two attached hydrogens (primary N) is 1. The van der Waals surface area contributed by atoms with E-state index in [1.807, 2.05) is 0 Å². The van der Waals surface area contributed by atoms with Gasteiger partial charge >= 0.3 is 0 Å². The summed E-state index contributed by atoms with van der Waals surface area (Å²) in [5, 5.41) is 4.92. The second kappa shape index (κ2) is 6.69. The van der Waals surface area contributed by atoms with Crippen LogP contribution < -0.4 is 5.73 Å². The minimum Gasteiger partial charge on any atom is -0.326 e. The maximum Gasteiger partial charge on any atom is 0.0723 e. The van der Waals surface area contributed by atoms with Crippen LogP contribution in [0.5, 0.6) is 0 Å². The van der Waals surface area contributed by atoms with Crippen LogP contribution >= 0.6 is 0 Å². The van der Waals surface area contributed by atoms with Gasteiger partial charge in [0.15, 0.2) is 0 Å². The van der Waals surface area contributed by atoms with Crippen LogP contribution in [0.15, 0.2) is 36.5 Å². The fourth-order valence-electron chi connectivity index (χ4n) is 3.53. The van der Waals surface area contributed by atoms with Gasteiger partial charge in [0.25, 0.3) is 0 Å². The monoisotopic (exact) mass is 326 g/mol. The van der Waals surface area contributed by atoms with Crippen molar-refractivity contribution in [3.8, 4) is 0 Å². The fourth-order valence-corrected chi connectivity index (χ4v) is 3.53. The van der Waals surface area contributed by atoms with E-state index in [-0.39, 0.29) is 5.41 Å². The van der Waals surface area contributed by atoms with Crippen LogP contribution in [0, 0.1) is 5.92 Å². The minimum atomic E-state index is 0.0464. The molecule has 1 fully saturated rings. The number of aromatic nitrogens is 2. The summed E-state index contributed by atoms with van der Waals surface area (Å²) >= 11 is 0. The quantitative estimate of drug-likeness (QED) is 0.939. The lowest BCUT2D eigenvalue weighted by Gasteiger charge is -2.20. The van der Waals surface area contributed by atoms with Gasteiger partial charge in [-0.3, -0.25) is 9.58 Å². The van der Waals surface area contributed by atoms with Gasteiger partial charge in [0.05, 0.1) is 12.2 Å². The number of nitrogens with zero attached hydrogens (tertiary/aromatic N) is 3. The van der Waals surface area contributed by atoms with Crippen molar-refractivity contribution in [2.45, 2.75) is 52.2 Å². The molecule has 1 aromatic heterocycles. The summed E-state index contributed by atoms with van der Waals surface area (Å²) in [5.41, 5.74) is 10.1. The summed E-state index contributed by atoms with van der Waals surface area (Å²) in [6.45, 7) is 12.8. The summed E-state index contributed by atoms with van der Waals surface area (Å²) in [6, 6.07) is 10.8. The lowest BCUT2D eigenvalue weighted by molar-refractivity contribution is 0.316. The molecule has 3 rings (SSSR count). The molecule has 2 N–H and O–H groups in total. The molecular formula is C20H30N4. The molecule has 24 heavy (non-hydrogen) atoms. The van der Waals surface area contributed by atoms with Gasteiger partial charge in [-0.15, -0.1) is 0 Å². The van der Waals surface area contributed by atoms with Crippen LogP contribution in [0.1, 0.15) is 44.5 Å². The van der Waals surface area contributed by atoms with Gasteiger partial charge in [-0.25, -0.2) is 0 Å². The highest BCUT2D eigenvalue weighted by molar-refractivity contribution is 5.25. The van der Waals surface area contributed by atoms with Crippen molar-refractivity contribution in [1.29, 1.82) is 0 Å². The van der Waals surface area contributed by atoms with E-state index in [0.717, 1.165) is 26.2 Å².